The molecule has 0 unspecified atom stereocenters. The molecule has 0 aliphatic carbocycles. The maximum absolute atomic E-state index is 3.01. The Balaban J connectivity index is 0.000000819. The summed E-state index contributed by atoms with van der Waals surface area (Å²) >= 11 is 0. The average molecular weight is 563 g/mol. The molecule has 0 bridgehead atoms. The van der Waals surface area contributed by atoms with Gasteiger partial charge in [-0.25, -0.2) is 4.57 Å². The van der Waals surface area contributed by atoms with Gasteiger partial charge in [0.1, 0.15) is 25.5 Å². The van der Waals surface area contributed by atoms with E-state index in [2.05, 4.69) is 85.2 Å². The van der Waals surface area contributed by atoms with Crippen LogP contribution in [0.1, 0.15) is 95.1 Å². The van der Waals surface area contributed by atoms with Gasteiger partial charge >= 0.3 is 0 Å². The zero-order valence-electron chi connectivity index (χ0n) is 24.3. The summed E-state index contributed by atoms with van der Waals surface area (Å²) in [5, 5.41) is 0. The first kappa shape index (κ1) is 36.2. The molecule has 0 spiro atoms. The Bertz CT molecular complexity index is 868. The van der Waals surface area contributed by atoms with E-state index in [0.29, 0.717) is 0 Å². The van der Waals surface area contributed by atoms with Crippen molar-refractivity contribution in [2.75, 3.05) is 20.6 Å². The predicted octanol–water partition coefficient (Wildman–Crippen LogP) is 2.32. The number of hydrogen-bond acceptors (Lipinski definition) is 0. The van der Waals surface area contributed by atoms with Crippen molar-refractivity contribution in [3.8, 4) is 0 Å². The Morgan fingerprint density at radius 1 is 0.632 bits per heavy atom. The minimum absolute atomic E-state index is 0. The molecule has 0 aliphatic heterocycles. The quantitative estimate of drug-likeness (QED) is 0.148. The lowest BCUT2D eigenvalue weighted by Gasteiger charge is -2.30. The van der Waals surface area contributed by atoms with Crippen LogP contribution in [0.15, 0.2) is 79.4 Å². The van der Waals surface area contributed by atoms with E-state index in [1.165, 1.54) is 94.7 Å². The van der Waals surface area contributed by atoms with E-state index >= 15 is 0 Å². The van der Waals surface area contributed by atoms with Crippen molar-refractivity contribution in [1.82, 2.24) is 4.98 Å². The van der Waals surface area contributed by atoms with Crippen LogP contribution >= 0.6 is 0 Å². The molecule has 2 aromatic carbocycles. The van der Waals surface area contributed by atoms with Crippen LogP contribution in [-0.4, -0.2) is 30.1 Å². The van der Waals surface area contributed by atoms with Crippen LogP contribution in [0, 0.1) is 0 Å². The smallest absolute Gasteiger partial charge is 0.241 e. The number of aromatic amines is 1. The first-order valence-corrected chi connectivity index (χ1v) is 14.5. The van der Waals surface area contributed by atoms with E-state index in [4.69, 9.17) is 0 Å². The van der Waals surface area contributed by atoms with Gasteiger partial charge in [0, 0.05) is 5.56 Å². The lowest BCUT2D eigenvalue weighted by atomic mass is 10.1. The summed E-state index contributed by atoms with van der Waals surface area (Å²) in [4.78, 5) is 3.01. The van der Waals surface area contributed by atoms with E-state index in [1.54, 1.807) is 0 Å². The van der Waals surface area contributed by atoms with Gasteiger partial charge in [0.25, 0.3) is 0 Å². The van der Waals surface area contributed by atoms with Crippen molar-refractivity contribution in [3.05, 3.63) is 90.5 Å². The molecule has 5 heteroatoms. The second kappa shape index (κ2) is 23.1. The largest absolute Gasteiger partial charge is 1.00 e. The number of H-pyrrole nitrogens is 1. The molecule has 0 saturated carbocycles. The third-order valence-corrected chi connectivity index (χ3v) is 6.88. The third-order valence-electron chi connectivity index (χ3n) is 6.88. The van der Waals surface area contributed by atoms with Crippen LogP contribution < -0.4 is 29.4 Å². The summed E-state index contributed by atoms with van der Waals surface area (Å²) in [6, 6.07) is 21.3. The lowest BCUT2D eigenvalue weighted by Crippen LogP contribution is -3.00. The number of nitrogens with one attached hydrogen (secondary N) is 1. The van der Waals surface area contributed by atoms with Gasteiger partial charge in [-0.3, -0.25) is 4.98 Å². The van der Waals surface area contributed by atoms with Crippen LogP contribution in [0.4, 0.5) is 0 Å². The molecule has 0 saturated heterocycles. The summed E-state index contributed by atoms with van der Waals surface area (Å²) < 4.78 is 3.22. The van der Waals surface area contributed by atoms with Crippen molar-refractivity contribution in [1.29, 1.82) is 0 Å². The topological polar surface area (TPSA) is 19.7 Å². The van der Waals surface area contributed by atoms with Crippen molar-refractivity contribution >= 4 is 0 Å². The normalized spacial score (nSPS) is 10.6. The molecule has 1 aromatic heterocycles. The Labute approximate surface area is 246 Å². The second-order valence-electron chi connectivity index (χ2n) is 11.0. The van der Waals surface area contributed by atoms with Crippen LogP contribution in [0.5, 0.6) is 0 Å². The molecule has 38 heavy (non-hydrogen) atoms. The number of imidazole rings is 1. The summed E-state index contributed by atoms with van der Waals surface area (Å²) in [7, 11) is 4.73. The molecule has 0 radical (unpaired) electrons. The fourth-order valence-corrected chi connectivity index (χ4v) is 4.75. The predicted molar refractivity (Wildman–Crippen MR) is 155 cm³/mol. The molecule has 0 atom stereocenters. The van der Waals surface area contributed by atoms with Gasteiger partial charge in [-0.1, -0.05) is 132 Å². The van der Waals surface area contributed by atoms with Gasteiger partial charge in [-0.2, -0.15) is 0 Å². The first-order valence-electron chi connectivity index (χ1n) is 14.5. The van der Waals surface area contributed by atoms with Gasteiger partial charge in [-0.05, 0) is 18.4 Å². The van der Waals surface area contributed by atoms with Crippen molar-refractivity contribution < 1.29 is 33.9 Å². The minimum Gasteiger partial charge on any atom is -1.00 e. The van der Waals surface area contributed by atoms with Gasteiger partial charge < -0.3 is 29.3 Å². The number of aromatic nitrogens is 2. The molecule has 0 amide bonds. The zero-order valence-corrected chi connectivity index (χ0v) is 25.8. The van der Waals surface area contributed by atoms with Gasteiger partial charge in [-0.15, -0.1) is 0 Å². The van der Waals surface area contributed by atoms with Crippen molar-refractivity contribution in [2.45, 2.75) is 97.1 Å². The van der Waals surface area contributed by atoms with Gasteiger partial charge in [0.05, 0.1) is 20.6 Å². The highest BCUT2D eigenvalue weighted by atomic mass is 35.5. The van der Waals surface area contributed by atoms with E-state index in [9.17, 15) is 0 Å². The van der Waals surface area contributed by atoms with Crippen LogP contribution in [0.2, 0.25) is 0 Å². The standard InChI is InChI=1S/C23H42N.C10H10N2.2ClH/c1-4-5-6-7-8-9-10-11-12-13-14-18-21-24(2,3)22-23-19-16-15-17-20-23;1-2-4-10(5-3-1)8-12-7-6-11-9-12;;/h15-17,19-20H,4-14,18,21-22H2,1-3H3;1-7,9H,8H2;2*1H/q+1;;;/p-1. The zero-order chi connectivity index (χ0) is 25.7. The minimum atomic E-state index is 0. The Morgan fingerprint density at radius 3 is 1.58 bits per heavy atom. The molecule has 3 nitrogen and oxygen atoms in total. The summed E-state index contributed by atoms with van der Waals surface area (Å²) in [5.41, 5.74) is 2.78. The highest BCUT2D eigenvalue weighted by Gasteiger charge is 2.14. The molecule has 0 aliphatic rings. The van der Waals surface area contributed by atoms with Crippen LogP contribution in [0.3, 0.4) is 0 Å². The fraction of sp³-hybridized carbons (Fsp3) is 0.545. The van der Waals surface area contributed by atoms with Crippen LogP contribution in [0.25, 0.3) is 0 Å². The number of hydrogen-bond donors (Lipinski definition) is 1. The van der Waals surface area contributed by atoms with Crippen LogP contribution in [-0.2, 0) is 13.1 Å². The van der Waals surface area contributed by atoms with Gasteiger partial charge in [0.2, 0.25) is 6.33 Å². The summed E-state index contributed by atoms with van der Waals surface area (Å²) in [6.45, 7) is 5.68. The Morgan fingerprint density at radius 2 is 1.11 bits per heavy atom. The maximum Gasteiger partial charge on any atom is 0.241 e. The van der Waals surface area contributed by atoms with E-state index in [1.807, 2.05) is 24.8 Å². The first-order chi connectivity index (χ1) is 17.6. The van der Waals surface area contributed by atoms with Gasteiger partial charge in [0.15, 0.2) is 0 Å². The number of benzene rings is 2. The number of quaternary nitrogens is 1. The summed E-state index contributed by atoms with van der Waals surface area (Å²) in [6.07, 6.45) is 23.1. The molecule has 3 rings (SSSR count). The Kier molecular flexibility index (Phi) is 22.0. The second-order valence-corrected chi connectivity index (χ2v) is 11.0. The molecule has 214 valence electrons. The maximum atomic E-state index is 3.01. The fourth-order valence-electron chi connectivity index (χ4n) is 4.75. The highest BCUT2D eigenvalue weighted by Crippen LogP contribution is 2.14. The van der Waals surface area contributed by atoms with Crippen molar-refractivity contribution in [2.24, 2.45) is 0 Å². The summed E-state index contributed by atoms with van der Waals surface area (Å²) in [5.74, 6) is 0. The number of nitrogens with zero attached hydrogens (tertiary/aromatic N) is 2. The molecular formula is C33H53Cl2N3. The molecule has 1 N–H and O–H groups in total. The monoisotopic (exact) mass is 561 g/mol. The molecule has 1 heterocycles. The number of halogens is 2. The molecular weight excluding hydrogens is 509 g/mol. The average Bonchev–Trinajstić information content (AvgIpc) is 3.39. The van der Waals surface area contributed by atoms with E-state index in [-0.39, 0.29) is 24.8 Å². The van der Waals surface area contributed by atoms with E-state index in [0.717, 1.165) is 17.6 Å². The Hall–Kier alpha value is -1.81. The highest BCUT2D eigenvalue weighted by molar-refractivity contribution is 5.13. The van der Waals surface area contributed by atoms with Crippen molar-refractivity contribution in [3.63, 3.8) is 0 Å². The SMILES string of the molecule is CCCCCCCCCCCCCC[N+](C)(C)Cc1ccccc1.[Cl-].[Cl-].c1ccc(C[n+]2cc[nH]c2)cc1. The van der Waals surface area contributed by atoms with E-state index < -0.39 is 0 Å². The number of rotatable bonds is 17. The number of unbranched alkanes of at least 4 members (excludes halogenated alkanes) is 11. The third kappa shape index (κ3) is 18.4. The molecule has 0 fully saturated rings. The molecule has 3 aromatic rings. The lowest BCUT2D eigenvalue weighted by molar-refractivity contribution is -0.903.